The second kappa shape index (κ2) is 24.0. The van der Waals surface area contributed by atoms with E-state index in [-0.39, 0.29) is 30.9 Å². The first-order valence-corrected chi connectivity index (χ1v) is 22.2. The third-order valence-corrected chi connectivity index (χ3v) is 12.7. The maximum atomic E-state index is 13.6. The molecule has 2 fully saturated rings. The average molecular weight is 823 g/mol. The van der Waals surface area contributed by atoms with Crippen molar-refractivity contribution < 1.29 is 44.5 Å². The molecule has 7 N–H and O–H groups in total. The number of benzene rings is 1. The maximum Gasteiger partial charge on any atom is 0.311 e. The van der Waals surface area contributed by atoms with E-state index in [4.69, 9.17) is 14.2 Å². The molecule has 1 aromatic rings. The Bertz CT molecular complexity index is 1310. The number of rotatable bonds is 17. The van der Waals surface area contributed by atoms with E-state index in [1.807, 2.05) is 45.8 Å². The van der Waals surface area contributed by atoms with Crippen LogP contribution in [0.5, 0.6) is 0 Å². The van der Waals surface area contributed by atoms with E-state index in [1.54, 1.807) is 27.7 Å². The van der Waals surface area contributed by atoms with E-state index < -0.39 is 71.9 Å². The highest BCUT2D eigenvalue weighted by Crippen LogP contribution is 2.37. The zero-order chi connectivity index (χ0) is 43.2. The van der Waals surface area contributed by atoms with Crippen LogP contribution >= 0.6 is 0 Å². The predicted molar refractivity (Wildman–Crippen MR) is 228 cm³/mol. The highest BCUT2D eigenvalue weighted by molar-refractivity contribution is 5.73. The van der Waals surface area contributed by atoms with Gasteiger partial charge in [-0.05, 0) is 125 Å². The highest BCUT2D eigenvalue weighted by Gasteiger charge is 2.50. The molecule has 336 valence electrons. The van der Waals surface area contributed by atoms with E-state index in [1.165, 1.54) is 18.9 Å². The molecule has 2 heterocycles. The lowest BCUT2D eigenvalue weighted by atomic mass is 9.78. The molecule has 3 rings (SSSR count). The number of esters is 1. The molecule has 0 aliphatic carbocycles. The topological polar surface area (TPSA) is 176 Å². The number of likely N-dealkylation sites (N-methyl/N-ethyl adjacent to an activating group) is 1. The van der Waals surface area contributed by atoms with Crippen LogP contribution in [-0.4, -0.2) is 154 Å². The Morgan fingerprint density at radius 1 is 0.897 bits per heavy atom. The molecule has 2 aliphatic heterocycles. The predicted octanol–water partition coefficient (Wildman–Crippen LogP) is 3.68. The molecule has 13 heteroatoms. The number of aliphatic hydroxyl groups excluding tert-OH is 3. The van der Waals surface area contributed by atoms with Crippen molar-refractivity contribution in [2.45, 2.75) is 180 Å². The summed E-state index contributed by atoms with van der Waals surface area (Å²) in [5.41, 5.74) is -2.02. The quantitative estimate of drug-likeness (QED) is 0.0897. The Morgan fingerprint density at radius 3 is 2.14 bits per heavy atom. The number of carbonyl (C=O) groups excluding carboxylic acids is 1. The SMILES string of the molecule is CC[C@H]1OC(=O)[C@H](C)[C@@H](O)[C@H](C)[C@@H](O[C@@H]2O[C@H](C)C[C@H](N(C)C)[C@H]2O)[C@](C)(O)C[C@@H](C)CN(CCCNCCCCCCNCc2ccccc2)[C@H](C)[C@@H](O)[C@]1(C)O. The monoisotopic (exact) mass is 823 g/mol. The fourth-order valence-electron chi connectivity index (χ4n) is 9.11. The Labute approximate surface area is 350 Å². The van der Waals surface area contributed by atoms with Gasteiger partial charge in [0.15, 0.2) is 6.29 Å². The van der Waals surface area contributed by atoms with Crippen molar-refractivity contribution in [3.05, 3.63) is 35.9 Å². The number of cyclic esters (lactones) is 1. The third-order valence-electron chi connectivity index (χ3n) is 12.7. The number of unbranched alkanes of at least 4 members (excludes halogenated alkanes) is 3. The molecular weight excluding hydrogens is 741 g/mol. The first kappa shape index (κ1) is 50.6. The number of nitrogens with zero attached hydrogens (tertiary/aromatic N) is 2. The van der Waals surface area contributed by atoms with Crippen LogP contribution in [-0.2, 0) is 25.5 Å². The van der Waals surface area contributed by atoms with Gasteiger partial charge in [-0.3, -0.25) is 9.69 Å². The van der Waals surface area contributed by atoms with Crippen LogP contribution in [0.3, 0.4) is 0 Å². The Balaban J connectivity index is 1.72. The number of ether oxygens (including phenoxy) is 3. The highest BCUT2D eigenvalue weighted by atomic mass is 16.7. The number of carbonyl (C=O) groups is 1. The third kappa shape index (κ3) is 14.7. The first-order valence-electron chi connectivity index (χ1n) is 22.2. The summed E-state index contributed by atoms with van der Waals surface area (Å²) in [7, 11) is 3.78. The molecule has 0 amide bonds. The van der Waals surface area contributed by atoms with Crippen molar-refractivity contribution in [3.8, 4) is 0 Å². The van der Waals surface area contributed by atoms with Gasteiger partial charge in [-0.15, -0.1) is 0 Å². The van der Waals surface area contributed by atoms with Gasteiger partial charge in [0.25, 0.3) is 0 Å². The molecule has 0 radical (unpaired) electrons. The van der Waals surface area contributed by atoms with E-state index >= 15 is 0 Å². The summed E-state index contributed by atoms with van der Waals surface area (Å²) < 4.78 is 18.5. The van der Waals surface area contributed by atoms with Gasteiger partial charge in [-0.2, -0.15) is 0 Å². The summed E-state index contributed by atoms with van der Waals surface area (Å²) in [5.74, 6) is -2.72. The fraction of sp³-hybridized carbons (Fsp3) is 0.844. The summed E-state index contributed by atoms with van der Waals surface area (Å²) in [5, 5.41) is 66.1. The van der Waals surface area contributed by atoms with Crippen molar-refractivity contribution in [1.29, 1.82) is 0 Å². The number of aliphatic hydroxyl groups is 5. The molecule has 0 spiro atoms. The lowest BCUT2D eigenvalue weighted by Gasteiger charge is -2.46. The summed E-state index contributed by atoms with van der Waals surface area (Å²) in [4.78, 5) is 17.7. The lowest BCUT2D eigenvalue weighted by molar-refractivity contribution is -0.299. The minimum absolute atomic E-state index is 0.131. The zero-order valence-corrected chi connectivity index (χ0v) is 37.5. The number of nitrogens with one attached hydrogen (secondary N) is 2. The molecule has 0 saturated carbocycles. The second-order valence-corrected chi connectivity index (χ2v) is 18.4. The van der Waals surface area contributed by atoms with Gasteiger partial charge in [-0.25, -0.2) is 0 Å². The Morgan fingerprint density at radius 2 is 1.52 bits per heavy atom. The smallest absolute Gasteiger partial charge is 0.311 e. The van der Waals surface area contributed by atoms with Crippen LogP contribution in [0.25, 0.3) is 0 Å². The maximum absolute atomic E-state index is 13.6. The standard InChI is InChI=1S/C45H82N4O9/c1-11-37-45(8,55)40(52)34(6)49(25-19-24-46-22-17-12-13-18-23-47-28-35-20-15-14-16-21-35)29-30(2)27-44(7,54)41(32(4)38(50)33(5)42(53)57-37)58-43-39(51)36(48(9)10)26-31(3)56-43/h14-16,20-21,30-34,36-41,43,46-47,50-52,54-55H,11-13,17-19,22-29H2,1-10H3/t30-,31-,32+,33-,34-,36+,37-,38+,39-,40-,41-,43+,44-,45-/m1/s1. The molecule has 2 saturated heterocycles. The van der Waals surface area contributed by atoms with Crippen LogP contribution in [0.2, 0.25) is 0 Å². The van der Waals surface area contributed by atoms with Gasteiger partial charge in [0, 0.05) is 31.1 Å². The molecule has 2 aliphatic rings. The van der Waals surface area contributed by atoms with Crippen molar-refractivity contribution in [2.24, 2.45) is 17.8 Å². The fourth-order valence-corrected chi connectivity index (χ4v) is 9.11. The van der Waals surface area contributed by atoms with Crippen LogP contribution in [0.1, 0.15) is 112 Å². The van der Waals surface area contributed by atoms with Gasteiger partial charge in [0.1, 0.15) is 23.9 Å². The molecule has 58 heavy (non-hydrogen) atoms. The number of hydrogen-bond donors (Lipinski definition) is 7. The molecule has 0 bridgehead atoms. The van der Waals surface area contributed by atoms with Gasteiger partial charge < -0.3 is 55.3 Å². The minimum Gasteiger partial charge on any atom is -0.459 e. The van der Waals surface area contributed by atoms with Crippen LogP contribution in [0.4, 0.5) is 0 Å². The minimum atomic E-state index is -1.79. The van der Waals surface area contributed by atoms with E-state index in [2.05, 4.69) is 39.8 Å². The van der Waals surface area contributed by atoms with Crippen LogP contribution in [0, 0.1) is 17.8 Å². The largest absolute Gasteiger partial charge is 0.459 e. The van der Waals surface area contributed by atoms with Gasteiger partial charge in [0.05, 0.1) is 29.8 Å². The van der Waals surface area contributed by atoms with Crippen molar-refractivity contribution in [3.63, 3.8) is 0 Å². The van der Waals surface area contributed by atoms with Gasteiger partial charge >= 0.3 is 5.97 Å². The average Bonchev–Trinajstić information content (AvgIpc) is 3.17. The van der Waals surface area contributed by atoms with E-state index in [9.17, 15) is 30.3 Å². The zero-order valence-electron chi connectivity index (χ0n) is 37.5. The molecule has 1 aromatic carbocycles. The van der Waals surface area contributed by atoms with Crippen LogP contribution < -0.4 is 10.6 Å². The Hall–Kier alpha value is -1.75. The summed E-state index contributed by atoms with van der Waals surface area (Å²) in [6.45, 7) is 18.8. The normalized spacial score (nSPS) is 37.6. The summed E-state index contributed by atoms with van der Waals surface area (Å²) in [6, 6.07) is 9.67. The van der Waals surface area contributed by atoms with E-state index in [0.29, 0.717) is 19.5 Å². The summed E-state index contributed by atoms with van der Waals surface area (Å²) in [6.07, 6.45) is -0.549. The lowest BCUT2D eigenvalue weighted by Crippen LogP contribution is -2.59. The molecule has 0 aromatic heterocycles. The molecular formula is C45H82N4O9. The molecule has 0 unspecified atom stereocenters. The van der Waals surface area contributed by atoms with E-state index in [0.717, 1.165) is 51.9 Å². The second-order valence-electron chi connectivity index (χ2n) is 18.4. The van der Waals surface area contributed by atoms with Crippen LogP contribution in [0.15, 0.2) is 30.3 Å². The first-order chi connectivity index (χ1) is 27.3. The summed E-state index contributed by atoms with van der Waals surface area (Å²) >= 11 is 0. The van der Waals surface area contributed by atoms with Gasteiger partial charge in [0.2, 0.25) is 0 Å². The number of hydrogen-bond acceptors (Lipinski definition) is 13. The Kier molecular flexibility index (Phi) is 21.0. The van der Waals surface area contributed by atoms with Crippen molar-refractivity contribution in [1.82, 2.24) is 20.4 Å². The van der Waals surface area contributed by atoms with Crippen molar-refractivity contribution >= 4 is 5.97 Å². The molecule has 14 atom stereocenters. The molecule has 13 nitrogen and oxygen atoms in total. The van der Waals surface area contributed by atoms with Gasteiger partial charge in [-0.1, -0.05) is 63.9 Å². The van der Waals surface area contributed by atoms with Crippen molar-refractivity contribution in [2.75, 3.05) is 46.8 Å².